The van der Waals surface area contributed by atoms with Crippen LogP contribution < -0.4 is 11.3 Å². The van der Waals surface area contributed by atoms with Gasteiger partial charge in [0.25, 0.3) is 0 Å². The molecule has 3 rings (SSSR count). The van der Waals surface area contributed by atoms with Crippen LogP contribution >= 0.6 is 23.5 Å². The number of anilines is 1. The molecule has 0 amide bonds. The molecule has 20 heavy (non-hydrogen) atoms. The molecule has 0 aliphatic rings. The third-order valence-corrected chi connectivity index (χ3v) is 3.87. The van der Waals surface area contributed by atoms with Crippen molar-refractivity contribution in [2.75, 3.05) is 11.7 Å². The summed E-state index contributed by atoms with van der Waals surface area (Å²) >= 11 is 2.84. The van der Waals surface area contributed by atoms with Gasteiger partial charge in [-0.05, 0) is 18.0 Å². The molecule has 0 bridgehead atoms. The van der Waals surface area contributed by atoms with Gasteiger partial charge in [-0.3, -0.25) is 0 Å². The van der Waals surface area contributed by atoms with E-state index in [1.54, 1.807) is 12.4 Å². The second kappa shape index (κ2) is 5.61. The van der Waals surface area contributed by atoms with Crippen LogP contribution in [-0.4, -0.2) is 36.2 Å². The quantitative estimate of drug-likeness (QED) is 0.215. The lowest BCUT2D eigenvalue weighted by molar-refractivity contribution is 0.891. The van der Waals surface area contributed by atoms with E-state index in [4.69, 9.17) is 5.84 Å². The van der Waals surface area contributed by atoms with E-state index >= 15 is 0 Å². The molecule has 10 heteroatoms. The molecule has 102 valence electrons. The van der Waals surface area contributed by atoms with Crippen molar-refractivity contribution in [2.45, 2.75) is 15.2 Å². The number of hydrogen-bond donors (Lipinski definition) is 3. The number of aromatic nitrogens is 6. The number of imidazole rings is 1. The number of nitrogens with one attached hydrogen (secondary N) is 2. The first-order valence-corrected chi connectivity index (χ1v) is 7.56. The smallest absolute Gasteiger partial charge is 0.190 e. The number of rotatable bonds is 4. The molecule has 3 aromatic rings. The predicted octanol–water partition coefficient (Wildman–Crippen LogP) is 1.30. The Labute approximate surface area is 122 Å². The van der Waals surface area contributed by atoms with Gasteiger partial charge in [0, 0.05) is 6.07 Å². The molecule has 0 spiro atoms. The highest BCUT2D eigenvalue weighted by Gasteiger charge is 2.10. The summed E-state index contributed by atoms with van der Waals surface area (Å²) in [6.07, 6.45) is 4.97. The molecule has 0 aliphatic carbocycles. The minimum absolute atomic E-state index is 0.557. The second-order valence-electron chi connectivity index (χ2n) is 3.60. The molecular formula is C10H10N8S2. The van der Waals surface area contributed by atoms with Crippen molar-refractivity contribution in [3.63, 3.8) is 0 Å². The van der Waals surface area contributed by atoms with E-state index in [0.717, 1.165) is 15.6 Å². The van der Waals surface area contributed by atoms with Gasteiger partial charge in [0.05, 0.1) is 6.33 Å². The zero-order valence-electron chi connectivity index (χ0n) is 10.4. The monoisotopic (exact) mass is 306 g/mol. The number of nitrogens with two attached hydrogens (primary N) is 1. The Bertz CT molecular complexity index is 721. The largest absolute Gasteiger partial charge is 0.341 e. The number of hydrazine groups is 1. The molecule has 3 heterocycles. The zero-order chi connectivity index (χ0) is 13.9. The lowest BCUT2D eigenvalue weighted by atomic mass is 10.6. The molecule has 8 nitrogen and oxygen atoms in total. The fourth-order valence-electron chi connectivity index (χ4n) is 1.54. The van der Waals surface area contributed by atoms with Crippen molar-refractivity contribution >= 4 is 40.5 Å². The van der Waals surface area contributed by atoms with E-state index in [-0.39, 0.29) is 0 Å². The van der Waals surface area contributed by atoms with E-state index in [0.29, 0.717) is 16.6 Å². The summed E-state index contributed by atoms with van der Waals surface area (Å²) in [5.74, 6) is 5.97. The van der Waals surface area contributed by atoms with Gasteiger partial charge in [-0.2, -0.15) is 0 Å². The van der Waals surface area contributed by atoms with Crippen LogP contribution in [0.2, 0.25) is 0 Å². The maximum absolute atomic E-state index is 5.41. The third kappa shape index (κ3) is 2.53. The van der Waals surface area contributed by atoms with Crippen molar-refractivity contribution < 1.29 is 0 Å². The maximum atomic E-state index is 5.41. The maximum Gasteiger partial charge on any atom is 0.190 e. The number of thioether (sulfide) groups is 1. The van der Waals surface area contributed by atoms with Gasteiger partial charge >= 0.3 is 0 Å². The van der Waals surface area contributed by atoms with Crippen molar-refractivity contribution in [2.24, 2.45) is 5.84 Å². The van der Waals surface area contributed by atoms with Gasteiger partial charge in [0.1, 0.15) is 27.7 Å². The number of aromatic amines is 1. The van der Waals surface area contributed by atoms with Crippen LogP contribution in [0.25, 0.3) is 11.2 Å². The molecule has 0 saturated heterocycles. The van der Waals surface area contributed by atoms with Crippen molar-refractivity contribution in [3.8, 4) is 0 Å². The molecule has 0 aliphatic heterocycles. The van der Waals surface area contributed by atoms with Crippen LogP contribution in [0.15, 0.2) is 33.9 Å². The molecule has 0 radical (unpaired) electrons. The van der Waals surface area contributed by atoms with Crippen molar-refractivity contribution in [1.29, 1.82) is 0 Å². The average Bonchev–Trinajstić information content (AvgIpc) is 2.96. The minimum Gasteiger partial charge on any atom is -0.341 e. The van der Waals surface area contributed by atoms with Crippen LogP contribution in [-0.2, 0) is 0 Å². The molecule has 0 aromatic carbocycles. The van der Waals surface area contributed by atoms with Gasteiger partial charge in [-0.25, -0.2) is 30.8 Å². The molecule has 0 unspecified atom stereocenters. The van der Waals surface area contributed by atoms with E-state index < -0.39 is 0 Å². The normalized spacial score (nSPS) is 10.9. The molecule has 3 aromatic heterocycles. The number of fused-ring (bicyclic) bond motifs is 1. The molecule has 0 atom stereocenters. The first kappa shape index (κ1) is 13.1. The third-order valence-electron chi connectivity index (χ3n) is 2.40. The highest BCUT2D eigenvalue weighted by atomic mass is 32.2. The Balaban J connectivity index is 2.00. The van der Waals surface area contributed by atoms with Crippen LogP contribution in [0, 0.1) is 0 Å². The topological polar surface area (TPSA) is 118 Å². The number of H-pyrrole nitrogens is 1. The molecule has 0 fully saturated rings. The molecule has 4 N–H and O–H groups in total. The van der Waals surface area contributed by atoms with Crippen molar-refractivity contribution in [3.05, 3.63) is 18.7 Å². The van der Waals surface area contributed by atoms with Crippen molar-refractivity contribution in [1.82, 2.24) is 29.9 Å². The summed E-state index contributed by atoms with van der Waals surface area (Å²) in [7, 11) is 0. The lowest BCUT2D eigenvalue weighted by Crippen LogP contribution is -2.09. The van der Waals surface area contributed by atoms with E-state index in [1.165, 1.54) is 29.9 Å². The van der Waals surface area contributed by atoms with Gasteiger partial charge in [-0.1, -0.05) is 11.8 Å². The second-order valence-corrected chi connectivity index (χ2v) is 5.39. The Kier molecular flexibility index (Phi) is 3.67. The van der Waals surface area contributed by atoms with Gasteiger partial charge in [0.2, 0.25) is 0 Å². The number of hydrogen-bond acceptors (Lipinski definition) is 9. The summed E-state index contributed by atoms with van der Waals surface area (Å²) in [6.45, 7) is 0. The van der Waals surface area contributed by atoms with Gasteiger partial charge in [-0.15, -0.1) is 0 Å². The van der Waals surface area contributed by atoms with E-state index in [1.807, 2.05) is 6.26 Å². The summed E-state index contributed by atoms with van der Waals surface area (Å²) in [6, 6.07) is 1.76. The highest BCUT2D eigenvalue weighted by molar-refractivity contribution is 7.99. The average molecular weight is 306 g/mol. The number of nitrogens with zero attached hydrogens (tertiary/aromatic N) is 5. The highest BCUT2D eigenvalue weighted by Crippen LogP contribution is 2.30. The summed E-state index contributed by atoms with van der Waals surface area (Å²) in [4.78, 5) is 24.1. The summed E-state index contributed by atoms with van der Waals surface area (Å²) in [5.41, 5.74) is 3.93. The zero-order valence-corrected chi connectivity index (χ0v) is 12.0. The van der Waals surface area contributed by atoms with Gasteiger partial charge < -0.3 is 10.4 Å². The first-order valence-electron chi connectivity index (χ1n) is 5.52. The Morgan fingerprint density at radius 1 is 1.25 bits per heavy atom. The number of nitrogen functional groups attached to an aromatic ring is 1. The SMILES string of the molecule is CSc1nc(NN)cc(Sc2ncnc3nc[nH]c23)n1. The molecular weight excluding hydrogens is 296 g/mol. The Hall–Kier alpha value is -1.91. The lowest BCUT2D eigenvalue weighted by Gasteiger charge is -2.05. The predicted molar refractivity (Wildman–Crippen MR) is 77.4 cm³/mol. The molecule has 0 saturated carbocycles. The van der Waals surface area contributed by atoms with Crippen LogP contribution in [0.5, 0.6) is 0 Å². The summed E-state index contributed by atoms with van der Waals surface area (Å²) < 4.78 is 0. The van der Waals surface area contributed by atoms with Crippen LogP contribution in [0.4, 0.5) is 5.82 Å². The van der Waals surface area contributed by atoms with E-state index in [9.17, 15) is 0 Å². The fourth-order valence-corrected chi connectivity index (χ4v) is 2.83. The van der Waals surface area contributed by atoms with E-state index in [2.05, 4.69) is 35.3 Å². The fraction of sp³-hybridized carbons (Fsp3) is 0.100. The summed E-state index contributed by atoms with van der Waals surface area (Å²) in [5, 5.41) is 2.13. The van der Waals surface area contributed by atoms with Crippen LogP contribution in [0.1, 0.15) is 0 Å². The van der Waals surface area contributed by atoms with Crippen LogP contribution in [0.3, 0.4) is 0 Å². The van der Waals surface area contributed by atoms with Gasteiger partial charge in [0.15, 0.2) is 10.8 Å². The minimum atomic E-state index is 0.557. The first-order chi connectivity index (χ1) is 9.80. The Morgan fingerprint density at radius 3 is 2.95 bits per heavy atom. The standard InChI is InChI=1S/C10H10N8S2/c1-19-10-16-5(18-11)2-6(17-10)20-9-7-8(13-3-12-7)14-4-15-9/h2-4H,11H2,1H3,(H,16,17,18)(H,12,13,14,15). The Morgan fingerprint density at radius 2 is 2.15 bits per heavy atom.